The molecule has 10 heteroatoms. The molecule has 1 aromatic heterocycles. The van der Waals surface area contributed by atoms with Gasteiger partial charge in [0, 0.05) is 10.0 Å². The second kappa shape index (κ2) is 10.6. The minimum Gasteiger partial charge on any atom is -0.507 e. The second-order valence-electron chi connectivity index (χ2n) is 7.07. The molecule has 0 spiro atoms. The van der Waals surface area contributed by atoms with E-state index in [1.807, 2.05) is 6.92 Å². The molecule has 2 aromatic carbocycles. The zero-order valence-corrected chi connectivity index (χ0v) is 20.4. The fourth-order valence-corrected chi connectivity index (χ4v) is 4.41. The number of ether oxygens (including phenoxy) is 1. The van der Waals surface area contributed by atoms with Gasteiger partial charge in [0.15, 0.2) is 16.7 Å². The van der Waals surface area contributed by atoms with E-state index < -0.39 is 0 Å². The number of thioether (sulfide) groups is 1. The van der Waals surface area contributed by atoms with E-state index in [1.165, 1.54) is 35.2 Å². The molecule has 2 N–H and O–H groups in total. The van der Waals surface area contributed by atoms with Crippen molar-refractivity contribution in [2.24, 2.45) is 10.2 Å². The number of halogens is 1. The Bertz CT molecular complexity index is 1290. The van der Waals surface area contributed by atoms with E-state index in [1.54, 1.807) is 48.5 Å². The lowest BCUT2D eigenvalue weighted by atomic mass is 10.2. The van der Waals surface area contributed by atoms with Crippen LogP contribution in [0.5, 0.6) is 17.2 Å². The number of benzene rings is 2. The number of aromatic hydroxyl groups is 2. The fraction of sp³-hybridized carbons (Fsp3) is 0.125. The quantitative estimate of drug-likeness (QED) is 0.237. The fourth-order valence-electron chi connectivity index (χ4n) is 3.09. The molecule has 0 radical (unpaired) electrons. The third-order valence-corrected chi connectivity index (χ3v) is 6.18. The first-order chi connectivity index (χ1) is 16.4. The highest BCUT2D eigenvalue weighted by atomic mass is 79.9. The number of nitrogens with zero attached hydrogens (tertiary/aromatic N) is 3. The van der Waals surface area contributed by atoms with Gasteiger partial charge in [0.2, 0.25) is 0 Å². The van der Waals surface area contributed by atoms with E-state index in [4.69, 9.17) is 9.15 Å². The molecule has 1 fully saturated rings. The summed E-state index contributed by atoms with van der Waals surface area (Å²) in [5, 5.41) is 28.6. The van der Waals surface area contributed by atoms with E-state index in [0.717, 1.165) is 4.47 Å². The minimum atomic E-state index is -0.258. The third-order valence-electron chi connectivity index (χ3n) is 4.69. The van der Waals surface area contributed by atoms with Crippen molar-refractivity contribution < 1.29 is 24.2 Å². The molecule has 1 amide bonds. The number of amides is 1. The van der Waals surface area contributed by atoms with E-state index in [2.05, 4.69) is 26.1 Å². The van der Waals surface area contributed by atoms with Crippen molar-refractivity contribution in [2.75, 3.05) is 6.61 Å². The van der Waals surface area contributed by atoms with Crippen LogP contribution in [0.25, 0.3) is 6.08 Å². The van der Waals surface area contributed by atoms with Crippen molar-refractivity contribution >= 4 is 51.1 Å². The number of carbonyl (C=O) groups excluding carboxylic acids is 1. The van der Waals surface area contributed by atoms with Gasteiger partial charge in [0.05, 0.1) is 30.5 Å². The van der Waals surface area contributed by atoms with Crippen LogP contribution >= 0.6 is 27.7 Å². The lowest BCUT2D eigenvalue weighted by molar-refractivity contribution is -0.122. The van der Waals surface area contributed by atoms with Crippen molar-refractivity contribution in [2.45, 2.75) is 13.5 Å². The van der Waals surface area contributed by atoms with Gasteiger partial charge in [-0.15, -0.1) is 5.10 Å². The van der Waals surface area contributed by atoms with E-state index in [-0.39, 0.29) is 24.0 Å². The molecule has 0 atom stereocenters. The topological polar surface area (TPSA) is 108 Å². The van der Waals surface area contributed by atoms with Gasteiger partial charge in [-0.25, -0.2) is 0 Å². The summed E-state index contributed by atoms with van der Waals surface area (Å²) in [6.07, 6.45) is 4.66. The maximum absolute atomic E-state index is 13.2. The lowest BCUT2D eigenvalue weighted by Crippen LogP contribution is -2.28. The number of phenols is 2. The molecule has 2 heterocycles. The molecule has 0 saturated carbocycles. The summed E-state index contributed by atoms with van der Waals surface area (Å²) in [5.74, 6) is 0.771. The van der Waals surface area contributed by atoms with Crippen LogP contribution in [0, 0.1) is 0 Å². The molecule has 1 aliphatic heterocycles. The van der Waals surface area contributed by atoms with Crippen LogP contribution < -0.4 is 4.74 Å². The molecule has 174 valence electrons. The number of hydrogen-bond donors (Lipinski definition) is 2. The van der Waals surface area contributed by atoms with Crippen molar-refractivity contribution in [1.29, 1.82) is 0 Å². The first kappa shape index (κ1) is 23.7. The van der Waals surface area contributed by atoms with Gasteiger partial charge < -0.3 is 19.4 Å². The van der Waals surface area contributed by atoms with Gasteiger partial charge >= 0.3 is 0 Å². The first-order valence-electron chi connectivity index (χ1n) is 10.2. The Kier molecular flexibility index (Phi) is 7.39. The molecule has 8 nitrogen and oxygen atoms in total. The summed E-state index contributed by atoms with van der Waals surface area (Å²) in [6.45, 7) is 2.41. The maximum Gasteiger partial charge on any atom is 0.267 e. The summed E-state index contributed by atoms with van der Waals surface area (Å²) in [5.41, 5.74) is 1.17. The summed E-state index contributed by atoms with van der Waals surface area (Å²) in [6, 6.07) is 13.4. The van der Waals surface area contributed by atoms with E-state index in [9.17, 15) is 15.0 Å². The Morgan fingerprint density at radius 2 is 2.00 bits per heavy atom. The highest BCUT2D eigenvalue weighted by Gasteiger charge is 2.34. The second-order valence-corrected chi connectivity index (χ2v) is 9.00. The molecule has 1 aliphatic rings. The van der Waals surface area contributed by atoms with Crippen molar-refractivity contribution in [1.82, 2.24) is 4.90 Å². The molecule has 34 heavy (non-hydrogen) atoms. The van der Waals surface area contributed by atoms with Gasteiger partial charge in [0.1, 0.15) is 11.5 Å². The Hall–Kier alpha value is -3.50. The number of carbonyl (C=O) groups is 1. The number of amidine groups is 1. The number of rotatable bonds is 7. The molecule has 0 unspecified atom stereocenters. The monoisotopic (exact) mass is 541 g/mol. The normalized spacial score (nSPS) is 16.3. The van der Waals surface area contributed by atoms with Gasteiger partial charge in [-0.05, 0) is 72.8 Å². The van der Waals surface area contributed by atoms with Gasteiger partial charge in [0.25, 0.3) is 5.91 Å². The summed E-state index contributed by atoms with van der Waals surface area (Å²) < 4.78 is 11.6. The summed E-state index contributed by atoms with van der Waals surface area (Å²) in [4.78, 5) is 15.1. The molecule has 1 saturated heterocycles. The molecular weight excluding hydrogens is 522 g/mol. The predicted octanol–water partition coefficient (Wildman–Crippen LogP) is 5.36. The number of furan rings is 1. The molecule has 0 aliphatic carbocycles. The third kappa shape index (κ3) is 5.52. The van der Waals surface area contributed by atoms with Crippen LogP contribution in [-0.4, -0.2) is 39.0 Å². The molecule has 0 bridgehead atoms. The van der Waals surface area contributed by atoms with Crippen LogP contribution in [-0.2, 0) is 11.3 Å². The Morgan fingerprint density at radius 1 is 1.18 bits per heavy atom. The molecular formula is C24H20BrN3O5S. The van der Waals surface area contributed by atoms with Crippen LogP contribution in [0.15, 0.2) is 78.8 Å². The van der Waals surface area contributed by atoms with E-state index in [0.29, 0.717) is 39.3 Å². The first-order valence-corrected chi connectivity index (χ1v) is 11.8. The van der Waals surface area contributed by atoms with Crippen LogP contribution in [0.4, 0.5) is 0 Å². The summed E-state index contributed by atoms with van der Waals surface area (Å²) in [7, 11) is 0. The number of hydrogen-bond acceptors (Lipinski definition) is 8. The van der Waals surface area contributed by atoms with E-state index >= 15 is 0 Å². The van der Waals surface area contributed by atoms with Crippen LogP contribution in [0.1, 0.15) is 23.8 Å². The largest absolute Gasteiger partial charge is 0.507 e. The summed E-state index contributed by atoms with van der Waals surface area (Å²) >= 11 is 4.52. The zero-order chi connectivity index (χ0) is 24.1. The van der Waals surface area contributed by atoms with Crippen molar-refractivity contribution in [3.05, 3.63) is 81.1 Å². The van der Waals surface area contributed by atoms with Gasteiger partial charge in [-0.1, -0.05) is 22.0 Å². The van der Waals surface area contributed by atoms with Crippen molar-refractivity contribution in [3.63, 3.8) is 0 Å². The Labute approximate surface area is 208 Å². The Balaban J connectivity index is 1.64. The zero-order valence-electron chi connectivity index (χ0n) is 18.0. The standard InChI is InChI=1S/C24H20BrN3O5S/c1-2-32-21-10-15(5-7-20(21)30)11-22-23(31)28(14-18-4-3-9-33-18)24(34-22)27-26-13-16-12-17(25)6-8-19(16)29/h3-13,29-30H,2,14H2,1H3/b22-11-,26-13-,27-24+. The van der Waals surface area contributed by atoms with Crippen molar-refractivity contribution in [3.8, 4) is 17.2 Å². The van der Waals surface area contributed by atoms with Gasteiger partial charge in [-0.2, -0.15) is 5.10 Å². The lowest BCUT2D eigenvalue weighted by Gasteiger charge is -2.12. The highest BCUT2D eigenvalue weighted by molar-refractivity contribution is 9.10. The minimum absolute atomic E-state index is 0.0289. The van der Waals surface area contributed by atoms with Crippen LogP contribution in [0.2, 0.25) is 0 Å². The average Bonchev–Trinajstić information content (AvgIpc) is 3.43. The Morgan fingerprint density at radius 3 is 2.76 bits per heavy atom. The molecule has 3 aromatic rings. The SMILES string of the molecule is CCOc1cc(/C=C2\S/C(=N/N=C\c3cc(Br)ccc3O)N(Cc3ccco3)C2=O)ccc1O. The highest BCUT2D eigenvalue weighted by Crippen LogP contribution is 2.35. The van der Waals surface area contributed by atoms with Crippen LogP contribution in [0.3, 0.4) is 0 Å². The molecule has 4 rings (SSSR count). The smallest absolute Gasteiger partial charge is 0.267 e. The predicted molar refractivity (Wildman–Crippen MR) is 135 cm³/mol. The number of phenolic OH excluding ortho intramolecular Hbond substituents is 2. The maximum atomic E-state index is 13.2. The van der Waals surface area contributed by atoms with Gasteiger partial charge in [-0.3, -0.25) is 9.69 Å². The average molecular weight is 542 g/mol.